The Kier molecular flexibility index (Phi) is 6.06. The molecule has 0 spiro atoms. The Morgan fingerprint density at radius 2 is 1.79 bits per heavy atom. The molecule has 0 bridgehead atoms. The Hall–Kier alpha value is -1.84. The molecule has 1 aromatic carbocycles. The molecule has 0 radical (unpaired) electrons. The summed E-state index contributed by atoms with van der Waals surface area (Å²) in [6.07, 6.45) is 1.15. The average Bonchev–Trinajstić information content (AvgIpc) is 2.38. The molecule has 0 aromatic heterocycles. The van der Waals surface area contributed by atoms with E-state index in [1.54, 1.807) is 0 Å². The van der Waals surface area contributed by atoms with E-state index >= 15 is 0 Å². The molecule has 4 heteroatoms. The molecular formula is C15H22N2O2. The lowest BCUT2D eigenvalue weighted by Gasteiger charge is -2.19. The predicted molar refractivity (Wildman–Crippen MR) is 75.5 cm³/mol. The molecular weight excluding hydrogens is 240 g/mol. The monoisotopic (exact) mass is 262 g/mol. The Balaban J connectivity index is 2.70. The van der Waals surface area contributed by atoms with Gasteiger partial charge in [-0.3, -0.25) is 9.59 Å². The molecule has 0 aliphatic rings. The van der Waals surface area contributed by atoms with Gasteiger partial charge < -0.3 is 10.6 Å². The molecule has 2 amide bonds. The van der Waals surface area contributed by atoms with Crippen molar-refractivity contribution in [2.75, 3.05) is 0 Å². The molecule has 1 aromatic rings. The van der Waals surface area contributed by atoms with E-state index in [9.17, 15) is 9.59 Å². The number of hydrogen-bond donors (Lipinski definition) is 2. The molecule has 2 N–H and O–H groups in total. The summed E-state index contributed by atoms with van der Waals surface area (Å²) in [6.45, 7) is 5.45. The lowest BCUT2D eigenvalue weighted by molar-refractivity contribution is -0.123. The molecule has 0 unspecified atom stereocenters. The van der Waals surface area contributed by atoms with Crippen LogP contribution < -0.4 is 10.6 Å². The molecule has 19 heavy (non-hydrogen) atoms. The van der Waals surface area contributed by atoms with Crippen LogP contribution in [-0.2, 0) is 9.59 Å². The number of carbonyl (C=O) groups is 2. The molecule has 0 aliphatic carbocycles. The molecule has 104 valence electrons. The summed E-state index contributed by atoms with van der Waals surface area (Å²) in [7, 11) is 0. The van der Waals surface area contributed by atoms with Gasteiger partial charge in [-0.25, -0.2) is 0 Å². The van der Waals surface area contributed by atoms with Gasteiger partial charge in [0, 0.05) is 13.0 Å². The number of rotatable bonds is 6. The SMILES string of the molecule is CC[C@@H](C)NC(=O)C[C@@H](NC(C)=O)c1ccccc1. The summed E-state index contributed by atoms with van der Waals surface area (Å²) in [6, 6.07) is 9.42. The molecule has 0 fully saturated rings. The standard InChI is InChI=1S/C15H22N2O2/c1-4-11(2)16-15(19)10-14(17-12(3)18)13-8-6-5-7-9-13/h5-9,11,14H,4,10H2,1-3H3,(H,16,19)(H,17,18)/t11-,14-/m1/s1. The zero-order chi connectivity index (χ0) is 14.3. The van der Waals surface area contributed by atoms with Crippen molar-refractivity contribution in [2.24, 2.45) is 0 Å². The van der Waals surface area contributed by atoms with E-state index in [0.29, 0.717) is 0 Å². The maximum atomic E-state index is 11.9. The van der Waals surface area contributed by atoms with Gasteiger partial charge in [0.2, 0.25) is 11.8 Å². The first-order valence-corrected chi connectivity index (χ1v) is 6.64. The van der Waals surface area contributed by atoms with Crippen LogP contribution in [0.3, 0.4) is 0 Å². The molecule has 4 nitrogen and oxygen atoms in total. The fourth-order valence-corrected chi connectivity index (χ4v) is 1.80. The topological polar surface area (TPSA) is 58.2 Å². The van der Waals surface area contributed by atoms with Gasteiger partial charge >= 0.3 is 0 Å². The first kappa shape index (κ1) is 15.2. The van der Waals surface area contributed by atoms with E-state index in [1.807, 2.05) is 44.2 Å². The summed E-state index contributed by atoms with van der Waals surface area (Å²) in [5.41, 5.74) is 0.942. The molecule has 0 aliphatic heterocycles. The number of nitrogens with one attached hydrogen (secondary N) is 2. The maximum absolute atomic E-state index is 11.9. The lowest BCUT2D eigenvalue weighted by Crippen LogP contribution is -2.36. The van der Waals surface area contributed by atoms with Gasteiger partial charge in [0.25, 0.3) is 0 Å². The van der Waals surface area contributed by atoms with Crippen molar-refractivity contribution in [2.45, 2.75) is 45.7 Å². The largest absolute Gasteiger partial charge is 0.354 e. The Morgan fingerprint density at radius 1 is 1.16 bits per heavy atom. The lowest BCUT2D eigenvalue weighted by atomic mass is 10.0. The van der Waals surface area contributed by atoms with Gasteiger partial charge in [-0.1, -0.05) is 37.3 Å². The second-order valence-corrected chi connectivity index (χ2v) is 4.74. The van der Waals surface area contributed by atoms with E-state index in [4.69, 9.17) is 0 Å². The van der Waals surface area contributed by atoms with Crippen molar-refractivity contribution < 1.29 is 9.59 Å². The Morgan fingerprint density at radius 3 is 2.32 bits per heavy atom. The van der Waals surface area contributed by atoms with Crippen LogP contribution in [0.4, 0.5) is 0 Å². The zero-order valence-corrected chi connectivity index (χ0v) is 11.8. The fraction of sp³-hybridized carbons (Fsp3) is 0.467. The number of hydrogen-bond acceptors (Lipinski definition) is 2. The highest BCUT2D eigenvalue weighted by atomic mass is 16.2. The Bertz CT molecular complexity index is 417. The third kappa shape index (κ3) is 5.55. The van der Waals surface area contributed by atoms with Crippen molar-refractivity contribution >= 4 is 11.8 Å². The number of carbonyl (C=O) groups excluding carboxylic acids is 2. The smallest absolute Gasteiger partial charge is 0.222 e. The highest BCUT2D eigenvalue weighted by Gasteiger charge is 2.17. The first-order chi connectivity index (χ1) is 9.02. The van der Waals surface area contributed by atoms with Crippen LogP contribution in [0.1, 0.15) is 45.2 Å². The number of amides is 2. The second kappa shape index (κ2) is 7.56. The van der Waals surface area contributed by atoms with Crippen molar-refractivity contribution in [1.29, 1.82) is 0 Å². The van der Waals surface area contributed by atoms with Crippen LogP contribution in [0.5, 0.6) is 0 Å². The van der Waals surface area contributed by atoms with Gasteiger partial charge in [-0.15, -0.1) is 0 Å². The van der Waals surface area contributed by atoms with Crippen LogP contribution >= 0.6 is 0 Å². The van der Waals surface area contributed by atoms with E-state index in [0.717, 1.165) is 12.0 Å². The van der Waals surface area contributed by atoms with E-state index in [1.165, 1.54) is 6.92 Å². The van der Waals surface area contributed by atoms with Crippen molar-refractivity contribution in [3.63, 3.8) is 0 Å². The first-order valence-electron chi connectivity index (χ1n) is 6.64. The third-order valence-electron chi connectivity index (χ3n) is 2.99. The van der Waals surface area contributed by atoms with E-state index < -0.39 is 0 Å². The average molecular weight is 262 g/mol. The van der Waals surface area contributed by atoms with Gasteiger partial charge in [0.15, 0.2) is 0 Å². The van der Waals surface area contributed by atoms with Crippen LogP contribution in [0, 0.1) is 0 Å². The molecule has 0 saturated heterocycles. The number of benzene rings is 1. The molecule has 0 saturated carbocycles. The van der Waals surface area contributed by atoms with Gasteiger partial charge in [0.1, 0.15) is 0 Å². The maximum Gasteiger partial charge on any atom is 0.222 e. The van der Waals surface area contributed by atoms with Gasteiger partial charge in [-0.2, -0.15) is 0 Å². The normalized spacial score (nSPS) is 13.4. The third-order valence-corrected chi connectivity index (χ3v) is 2.99. The van der Waals surface area contributed by atoms with E-state index in [2.05, 4.69) is 10.6 Å². The molecule has 1 rings (SSSR count). The van der Waals surface area contributed by atoms with Gasteiger partial charge in [-0.05, 0) is 18.9 Å². The summed E-state index contributed by atoms with van der Waals surface area (Å²) in [4.78, 5) is 23.2. The minimum atomic E-state index is -0.275. The minimum absolute atomic E-state index is 0.0445. The highest BCUT2D eigenvalue weighted by molar-refractivity contribution is 5.79. The van der Waals surface area contributed by atoms with Crippen molar-refractivity contribution in [1.82, 2.24) is 10.6 Å². The minimum Gasteiger partial charge on any atom is -0.354 e. The summed E-state index contributed by atoms with van der Waals surface area (Å²) < 4.78 is 0. The van der Waals surface area contributed by atoms with Crippen molar-refractivity contribution in [3.8, 4) is 0 Å². The second-order valence-electron chi connectivity index (χ2n) is 4.74. The quantitative estimate of drug-likeness (QED) is 0.825. The zero-order valence-electron chi connectivity index (χ0n) is 11.8. The van der Waals surface area contributed by atoms with E-state index in [-0.39, 0.29) is 30.3 Å². The summed E-state index contributed by atoms with van der Waals surface area (Å²) >= 11 is 0. The van der Waals surface area contributed by atoms with Crippen LogP contribution in [-0.4, -0.2) is 17.9 Å². The predicted octanol–water partition coefficient (Wildman–Crippen LogP) is 2.17. The van der Waals surface area contributed by atoms with Crippen LogP contribution in [0.25, 0.3) is 0 Å². The fourth-order valence-electron chi connectivity index (χ4n) is 1.80. The van der Waals surface area contributed by atoms with Crippen LogP contribution in [0.2, 0.25) is 0 Å². The van der Waals surface area contributed by atoms with Crippen LogP contribution in [0.15, 0.2) is 30.3 Å². The molecule has 2 atom stereocenters. The van der Waals surface area contributed by atoms with Crippen molar-refractivity contribution in [3.05, 3.63) is 35.9 Å². The highest BCUT2D eigenvalue weighted by Crippen LogP contribution is 2.16. The molecule has 0 heterocycles. The summed E-state index contributed by atoms with van der Waals surface area (Å²) in [5, 5.41) is 5.73. The summed E-state index contributed by atoms with van der Waals surface area (Å²) in [5.74, 6) is -0.179. The Labute approximate surface area is 114 Å². The van der Waals surface area contributed by atoms with Gasteiger partial charge in [0.05, 0.1) is 12.5 Å².